The Kier molecular flexibility index (Phi) is 5.25. The Labute approximate surface area is 197 Å². The van der Waals surface area contributed by atoms with Crippen LogP contribution in [0.3, 0.4) is 0 Å². The molecule has 4 heterocycles. The first-order chi connectivity index (χ1) is 17.1. The van der Waals surface area contributed by atoms with Gasteiger partial charge in [-0.3, -0.25) is 0 Å². The highest BCUT2D eigenvalue weighted by Crippen LogP contribution is 2.28. The SMILES string of the molecule is Fc1cccc(-n2ccc3c(NCc4nc5c(F)c(F)ccc5[nH]4)nc(N4CCOCC4)nc32)c1. The number of halogens is 3. The minimum Gasteiger partial charge on any atom is -0.378 e. The third kappa shape index (κ3) is 3.93. The van der Waals surface area contributed by atoms with Crippen LogP contribution in [-0.4, -0.2) is 50.8 Å². The van der Waals surface area contributed by atoms with Gasteiger partial charge in [0.15, 0.2) is 17.3 Å². The Hall–Kier alpha value is -4.12. The van der Waals surface area contributed by atoms with Crippen LogP contribution in [0.15, 0.2) is 48.7 Å². The van der Waals surface area contributed by atoms with Crippen molar-refractivity contribution in [3.05, 3.63) is 71.9 Å². The van der Waals surface area contributed by atoms with Crippen molar-refractivity contribution in [1.29, 1.82) is 0 Å². The lowest BCUT2D eigenvalue weighted by atomic mass is 10.3. The lowest BCUT2D eigenvalue weighted by Crippen LogP contribution is -2.37. The van der Waals surface area contributed by atoms with Gasteiger partial charge in [-0.1, -0.05) is 6.07 Å². The summed E-state index contributed by atoms with van der Waals surface area (Å²) in [6, 6.07) is 10.6. The van der Waals surface area contributed by atoms with E-state index in [2.05, 4.69) is 15.3 Å². The smallest absolute Gasteiger partial charge is 0.229 e. The molecule has 5 aromatic rings. The van der Waals surface area contributed by atoms with Gasteiger partial charge < -0.3 is 24.5 Å². The highest BCUT2D eigenvalue weighted by Gasteiger charge is 2.19. The van der Waals surface area contributed by atoms with Crippen molar-refractivity contribution in [1.82, 2.24) is 24.5 Å². The largest absolute Gasteiger partial charge is 0.378 e. The van der Waals surface area contributed by atoms with Crippen molar-refractivity contribution in [2.45, 2.75) is 6.54 Å². The molecule has 0 radical (unpaired) electrons. The number of rotatable bonds is 5. The molecule has 1 aliphatic heterocycles. The van der Waals surface area contributed by atoms with Crippen LogP contribution in [0, 0.1) is 17.5 Å². The molecule has 0 unspecified atom stereocenters. The van der Waals surface area contributed by atoms with E-state index in [1.54, 1.807) is 16.7 Å². The van der Waals surface area contributed by atoms with Crippen molar-refractivity contribution in [3.8, 4) is 5.69 Å². The number of hydrogen-bond donors (Lipinski definition) is 2. The molecule has 0 bridgehead atoms. The minimum absolute atomic E-state index is 0.0547. The second-order valence-electron chi connectivity index (χ2n) is 8.17. The zero-order chi connectivity index (χ0) is 23.9. The minimum atomic E-state index is -0.990. The standard InChI is InChI=1S/C24H20F3N7O/c25-14-2-1-3-15(12-14)34-7-6-16-22(31-24(32-23(16)34)33-8-10-35-11-9-33)28-13-19-29-18-5-4-17(26)20(27)21(18)30-19/h1-7,12H,8-11,13H2,(H,29,30)(H,28,31,32). The number of aromatic nitrogens is 5. The maximum absolute atomic E-state index is 14.1. The number of morpholine rings is 1. The van der Waals surface area contributed by atoms with Crippen LogP contribution in [0.4, 0.5) is 24.9 Å². The van der Waals surface area contributed by atoms with E-state index in [9.17, 15) is 13.2 Å². The fourth-order valence-corrected chi connectivity index (χ4v) is 4.20. The molecule has 1 aliphatic rings. The first kappa shape index (κ1) is 21.4. The van der Waals surface area contributed by atoms with Gasteiger partial charge in [-0.25, -0.2) is 18.2 Å². The molecule has 0 atom stereocenters. The molecule has 0 amide bonds. The molecular formula is C24H20F3N7O. The number of anilines is 2. The van der Waals surface area contributed by atoms with Gasteiger partial charge in [0.2, 0.25) is 5.95 Å². The van der Waals surface area contributed by atoms with Gasteiger partial charge in [0.25, 0.3) is 0 Å². The summed E-state index contributed by atoms with van der Waals surface area (Å²) >= 11 is 0. The van der Waals surface area contributed by atoms with Crippen LogP contribution in [-0.2, 0) is 11.3 Å². The Balaban J connectivity index is 1.40. The second-order valence-corrected chi connectivity index (χ2v) is 8.17. The first-order valence-corrected chi connectivity index (χ1v) is 11.1. The molecule has 0 aliphatic carbocycles. The summed E-state index contributed by atoms with van der Waals surface area (Å²) in [5.41, 5.74) is 1.58. The van der Waals surface area contributed by atoms with Gasteiger partial charge in [0, 0.05) is 25.0 Å². The molecule has 35 heavy (non-hydrogen) atoms. The fraction of sp³-hybridized carbons (Fsp3) is 0.208. The van der Waals surface area contributed by atoms with Crippen molar-refractivity contribution >= 4 is 33.8 Å². The molecule has 0 spiro atoms. The molecule has 11 heteroatoms. The summed E-state index contributed by atoms with van der Waals surface area (Å²) in [5.74, 6) is -0.811. The molecule has 1 saturated heterocycles. The number of H-pyrrole nitrogens is 1. The van der Waals surface area contributed by atoms with E-state index in [-0.39, 0.29) is 17.9 Å². The number of ether oxygens (including phenoxy) is 1. The van der Waals surface area contributed by atoms with Crippen molar-refractivity contribution < 1.29 is 17.9 Å². The summed E-state index contributed by atoms with van der Waals surface area (Å²) in [5, 5.41) is 3.97. The van der Waals surface area contributed by atoms with Gasteiger partial charge in [0.1, 0.15) is 23.0 Å². The van der Waals surface area contributed by atoms with Crippen LogP contribution < -0.4 is 10.2 Å². The van der Waals surface area contributed by atoms with Gasteiger partial charge >= 0.3 is 0 Å². The third-order valence-electron chi connectivity index (χ3n) is 5.93. The number of benzene rings is 2. The van der Waals surface area contributed by atoms with E-state index in [4.69, 9.17) is 14.7 Å². The van der Waals surface area contributed by atoms with Crippen LogP contribution in [0.5, 0.6) is 0 Å². The molecular weight excluding hydrogens is 459 g/mol. The van der Waals surface area contributed by atoms with E-state index in [1.165, 1.54) is 18.2 Å². The van der Waals surface area contributed by atoms with E-state index < -0.39 is 11.6 Å². The zero-order valence-electron chi connectivity index (χ0n) is 18.4. The summed E-state index contributed by atoms with van der Waals surface area (Å²) in [6.07, 6.45) is 1.81. The molecule has 2 aromatic carbocycles. The summed E-state index contributed by atoms with van der Waals surface area (Å²) in [7, 11) is 0. The number of fused-ring (bicyclic) bond motifs is 2. The molecule has 8 nitrogen and oxygen atoms in total. The maximum Gasteiger partial charge on any atom is 0.229 e. The number of hydrogen-bond acceptors (Lipinski definition) is 6. The van der Waals surface area contributed by atoms with Gasteiger partial charge in [0.05, 0.1) is 30.7 Å². The van der Waals surface area contributed by atoms with Crippen molar-refractivity contribution in [2.24, 2.45) is 0 Å². The van der Waals surface area contributed by atoms with Crippen LogP contribution >= 0.6 is 0 Å². The fourth-order valence-electron chi connectivity index (χ4n) is 4.20. The predicted molar refractivity (Wildman–Crippen MR) is 125 cm³/mol. The highest BCUT2D eigenvalue weighted by molar-refractivity contribution is 5.90. The predicted octanol–water partition coefficient (Wildman–Crippen LogP) is 4.16. The number of nitrogens with zero attached hydrogens (tertiary/aromatic N) is 5. The Morgan fingerprint density at radius 2 is 1.86 bits per heavy atom. The first-order valence-electron chi connectivity index (χ1n) is 11.1. The molecule has 2 N–H and O–H groups in total. The molecule has 1 fully saturated rings. The molecule has 178 valence electrons. The topological polar surface area (TPSA) is 83.9 Å². The van der Waals surface area contributed by atoms with E-state index in [0.29, 0.717) is 60.7 Å². The quantitative estimate of drug-likeness (QED) is 0.394. The van der Waals surface area contributed by atoms with Crippen LogP contribution in [0.1, 0.15) is 5.82 Å². The van der Waals surface area contributed by atoms with Gasteiger partial charge in [-0.2, -0.15) is 9.97 Å². The lowest BCUT2D eigenvalue weighted by Gasteiger charge is -2.27. The van der Waals surface area contributed by atoms with Crippen molar-refractivity contribution in [3.63, 3.8) is 0 Å². The second kappa shape index (κ2) is 8.58. The van der Waals surface area contributed by atoms with Gasteiger partial charge in [-0.15, -0.1) is 0 Å². The number of imidazole rings is 1. The Morgan fingerprint density at radius 1 is 1.00 bits per heavy atom. The highest BCUT2D eigenvalue weighted by atomic mass is 19.2. The summed E-state index contributed by atoms with van der Waals surface area (Å²) in [6.45, 7) is 2.60. The summed E-state index contributed by atoms with van der Waals surface area (Å²) < 4.78 is 48.8. The summed E-state index contributed by atoms with van der Waals surface area (Å²) in [4.78, 5) is 18.7. The van der Waals surface area contributed by atoms with E-state index >= 15 is 0 Å². The molecule has 3 aromatic heterocycles. The monoisotopic (exact) mass is 479 g/mol. The average Bonchev–Trinajstić information content (AvgIpc) is 3.50. The third-order valence-corrected chi connectivity index (χ3v) is 5.93. The van der Waals surface area contributed by atoms with Gasteiger partial charge in [-0.05, 0) is 36.4 Å². The number of aromatic amines is 1. The van der Waals surface area contributed by atoms with E-state index in [0.717, 1.165) is 11.5 Å². The molecule has 6 rings (SSSR count). The maximum atomic E-state index is 14.1. The average molecular weight is 479 g/mol. The molecule has 0 saturated carbocycles. The normalized spacial score (nSPS) is 14.2. The van der Waals surface area contributed by atoms with Crippen LogP contribution in [0.25, 0.3) is 27.8 Å². The Bertz CT molecular complexity index is 1540. The number of nitrogens with one attached hydrogen (secondary N) is 2. The van der Waals surface area contributed by atoms with Crippen LogP contribution in [0.2, 0.25) is 0 Å². The van der Waals surface area contributed by atoms with E-state index in [1.807, 2.05) is 17.2 Å². The van der Waals surface area contributed by atoms with Crippen molar-refractivity contribution in [2.75, 3.05) is 36.5 Å². The Morgan fingerprint density at radius 3 is 2.69 bits per heavy atom. The zero-order valence-corrected chi connectivity index (χ0v) is 18.4. The lowest BCUT2D eigenvalue weighted by molar-refractivity contribution is 0.122.